The topological polar surface area (TPSA) is 56.1 Å². The van der Waals surface area contributed by atoms with Crippen molar-refractivity contribution in [2.24, 2.45) is 0 Å². The van der Waals surface area contributed by atoms with Crippen molar-refractivity contribution in [2.45, 2.75) is 39.3 Å². The molecule has 1 aliphatic rings. The van der Waals surface area contributed by atoms with Crippen LogP contribution in [0.2, 0.25) is 0 Å². The Kier molecular flexibility index (Phi) is 5.37. The van der Waals surface area contributed by atoms with Gasteiger partial charge in [-0.3, -0.25) is 9.20 Å². The average molecular weight is 400 g/mol. The molecule has 1 saturated heterocycles. The lowest BCUT2D eigenvalue weighted by Crippen LogP contribution is -2.27. The largest absolute Gasteiger partial charge is 0.491 e. The van der Waals surface area contributed by atoms with Crippen LogP contribution in [-0.2, 0) is 11.3 Å². The van der Waals surface area contributed by atoms with Crippen LogP contribution in [0.5, 0.6) is 5.75 Å². The van der Waals surface area contributed by atoms with E-state index in [0.717, 1.165) is 35.8 Å². The first-order chi connectivity index (χ1) is 13.5. The zero-order valence-corrected chi connectivity index (χ0v) is 17.3. The number of carbonyl (C=O) groups is 1. The second-order valence-electron chi connectivity index (χ2n) is 7.27. The number of aromatic nitrogens is 2. The van der Waals surface area contributed by atoms with Crippen molar-refractivity contribution >= 4 is 22.2 Å². The van der Waals surface area contributed by atoms with Crippen LogP contribution in [-0.4, -0.2) is 46.6 Å². The second kappa shape index (κ2) is 7.93. The van der Waals surface area contributed by atoms with Crippen molar-refractivity contribution in [3.05, 3.63) is 52.3 Å². The number of thiazole rings is 1. The van der Waals surface area contributed by atoms with E-state index < -0.39 is 0 Å². The van der Waals surface area contributed by atoms with Crippen LogP contribution in [0, 0.1) is 13.8 Å². The van der Waals surface area contributed by atoms with Crippen molar-refractivity contribution in [3.63, 3.8) is 0 Å². The molecule has 0 bridgehead atoms. The minimum atomic E-state index is -0.0381. The molecule has 6 nitrogen and oxygen atoms in total. The first-order valence-electron chi connectivity index (χ1n) is 9.55. The summed E-state index contributed by atoms with van der Waals surface area (Å²) in [4.78, 5) is 21.5. The summed E-state index contributed by atoms with van der Waals surface area (Å²) < 4.78 is 13.5. The van der Waals surface area contributed by atoms with Crippen molar-refractivity contribution in [1.29, 1.82) is 0 Å². The maximum atomic E-state index is 13.0. The highest BCUT2D eigenvalue weighted by Crippen LogP contribution is 2.23. The Morgan fingerprint density at radius 1 is 1.43 bits per heavy atom. The normalized spacial score (nSPS) is 16.6. The number of amides is 1. The number of fused-ring (bicyclic) bond motifs is 1. The van der Waals surface area contributed by atoms with Gasteiger partial charge in [0.25, 0.3) is 5.91 Å². The number of hydrogen-bond acceptors (Lipinski definition) is 5. The van der Waals surface area contributed by atoms with Gasteiger partial charge in [0.05, 0.1) is 24.0 Å². The van der Waals surface area contributed by atoms with Gasteiger partial charge in [0.15, 0.2) is 4.96 Å². The molecule has 0 saturated carbocycles. The number of hydrogen-bond donors (Lipinski definition) is 0. The molecular weight excluding hydrogens is 374 g/mol. The molecule has 7 heteroatoms. The minimum absolute atomic E-state index is 0.0381. The molecule has 1 aliphatic heterocycles. The number of imidazole rings is 1. The molecule has 1 amide bonds. The van der Waals surface area contributed by atoms with E-state index in [2.05, 4.69) is 22.5 Å². The Labute approximate surface area is 168 Å². The summed E-state index contributed by atoms with van der Waals surface area (Å²) in [7, 11) is 1.82. The van der Waals surface area contributed by atoms with Crippen LogP contribution >= 0.6 is 11.3 Å². The maximum absolute atomic E-state index is 13.0. The van der Waals surface area contributed by atoms with Gasteiger partial charge in [-0.05, 0) is 44.9 Å². The number of rotatable bonds is 6. The summed E-state index contributed by atoms with van der Waals surface area (Å²) in [5, 5.41) is 0. The predicted molar refractivity (Wildman–Crippen MR) is 109 cm³/mol. The lowest BCUT2D eigenvalue weighted by molar-refractivity contribution is 0.0678. The number of carbonyl (C=O) groups excluding carboxylic acids is 1. The fraction of sp³-hybridized carbons (Fsp3) is 0.429. The van der Waals surface area contributed by atoms with Gasteiger partial charge in [-0.1, -0.05) is 6.07 Å². The zero-order valence-electron chi connectivity index (χ0n) is 16.5. The fourth-order valence-electron chi connectivity index (χ4n) is 3.50. The molecule has 3 heterocycles. The van der Waals surface area contributed by atoms with E-state index in [-0.39, 0.29) is 12.0 Å². The molecule has 28 heavy (non-hydrogen) atoms. The highest BCUT2D eigenvalue weighted by atomic mass is 32.1. The highest BCUT2D eigenvalue weighted by Gasteiger charge is 2.19. The molecule has 2 aromatic heterocycles. The van der Waals surface area contributed by atoms with E-state index in [4.69, 9.17) is 9.47 Å². The molecule has 148 valence electrons. The van der Waals surface area contributed by atoms with E-state index in [9.17, 15) is 4.79 Å². The number of nitrogens with zero attached hydrogens (tertiary/aromatic N) is 3. The second-order valence-corrected chi connectivity index (χ2v) is 8.49. The molecule has 1 fully saturated rings. The Hall–Kier alpha value is -2.38. The lowest BCUT2D eigenvalue weighted by atomic mass is 10.2. The molecule has 0 spiro atoms. The van der Waals surface area contributed by atoms with Gasteiger partial charge in [-0.25, -0.2) is 4.98 Å². The van der Waals surface area contributed by atoms with Crippen molar-refractivity contribution in [3.8, 4) is 5.75 Å². The van der Waals surface area contributed by atoms with Crippen LogP contribution in [0.1, 0.15) is 39.5 Å². The monoisotopic (exact) mass is 399 g/mol. The number of benzene rings is 1. The van der Waals surface area contributed by atoms with Gasteiger partial charge < -0.3 is 14.4 Å². The maximum Gasteiger partial charge on any atom is 0.254 e. The van der Waals surface area contributed by atoms with Crippen LogP contribution in [0.15, 0.2) is 30.5 Å². The van der Waals surface area contributed by atoms with Gasteiger partial charge in [0.2, 0.25) is 0 Å². The molecule has 1 unspecified atom stereocenters. The first kappa shape index (κ1) is 19.0. The zero-order chi connectivity index (χ0) is 19.7. The molecule has 1 aromatic carbocycles. The van der Waals surface area contributed by atoms with Gasteiger partial charge in [0, 0.05) is 30.3 Å². The Morgan fingerprint density at radius 2 is 2.29 bits per heavy atom. The first-order valence-corrected chi connectivity index (χ1v) is 10.4. The summed E-state index contributed by atoms with van der Waals surface area (Å²) in [6.45, 7) is 5.89. The van der Waals surface area contributed by atoms with Gasteiger partial charge in [-0.15, -0.1) is 11.3 Å². The SMILES string of the molecule is Cc1cn2c(CN(C)C(=O)c3cccc(OCC4CCCO4)c3)c(C)nc2s1. The Balaban J connectivity index is 1.45. The summed E-state index contributed by atoms with van der Waals surface area (Å²) in [6.07, 6.45) is 4.35. The number of ether oxygens (including phenoxy) is 2. The van der Waals surface area contributed by atoms with E-state index >= 15 is 0 Å². The van der Waals surface area contributed by atoms with Crippen molar-refractivity contribution < 1.29 is 14.3 Å². The summed E-state index contributed by atoms with van der Waals surface area (Å²) in [5.41, 5.74) is 2.62. The Bertz CT molecular complexity index is 988. The summed E-state index contributed by atoms with van der Waals surface area (Å²) >= 11 is 1.66. The van der Waals surface area contributed by atoms with E-state index in [0.29, 0.717) is 24.5 Å². The molecule has 0 aliphatic carbocycles. The molecular formula is C21H25N3O3S. The summed E-state index contributed by atoms with van der Waals surface area (Å²) in [6, 6.07) is 7.37. The Morgan fingerprint density at radius 3 is 3.07 bits per heavy atom. The molecule has 0 radical (unpaired) electrons. The third kappa shape index (κ3) is 3.91. The fourth-order valence-corrected chi connectivity index (χ4v) is 4.39. The van der Waals surface area contributed by atoms with Crippen molar-refractivity contribution in [2.75, 3.05) is 20.3 Å². The van der Waals surface area contributed by atoms with Crippen LogP contribution in [0.4, 0.5) is 0 Å². The quantitative estimate of drug-likeness (QED) is 0.632. The highest BCUT2D eigenvalue weighted by molar-refractivity contribution is 7.17. The molecule has 3 aromatic rings. The number of aryl methyl sites for hydroxylation is 2. The lowest BCUT2D eigenvalue weighted by Gasteiger charge is -2.18. The predicted octanol–water partition coefficient (Wildman–Crippen LogP) is 3.84. The van der Waals surface area contributed by atoms with Crippen molar-refractivity contribution in [1.82, 2.24) is 14.3 Å². The summed E-state index contributed by atoms with van der Waals surface area (Å²) in [5.74, 6) is 0.662. The van der Waals surface area contributed by atoms with E-state index in [1.807, 2.05) is 32.2 Å². The van der Waals surface area contributed by atoms with Gasteiger partial charge in [0.1, 0.15) is 12.4 Å². The molecule has 0 N–H and O–H groups in total. The third-order valence-electron chi connectivity index (χ3n) is 5.02. The minimum Gasteiger partial charge on any atom is -0.491 e. The third-order valence-corrected chi connectivity index (χ3v) is 5.91. The van der Waals surface area contributed by atoms with Crippen LogP contribution in [0.3, 0.4) is 0 Å². The van der Waals surface area contributed by atoms with Gasteiger partial charge >= 0.3 is 0 Å². The molecule has 4 rings (SSSR count). The van der Waals surface area contributed by atoms with Gasteiger partial charge in [-0.2, -0.15) is 0 Å². The van der Waals surface area contributed by atoms with E-state index in [1.54, 1.807) is 22.3 Å². The van der Waals surface area contributed by atoms with E-state index in [1.165, 1.54) is 4.88 Å². The van der Waals surface area contributed by atoms with Crippen LogP contribution in [0.25, 0.3) is 4.96 Å². The van der Waals surface area contributed by atoms with Crippen LogP contribution < -0.4 is 4.74 Å². The molecule has 1 atom stereocenters. The smallest absolute Gasteiger partial charge is 0.254 e. The average Bonchev–Trinajstić information content (AvgIpc) is 3.38. The standard InChI is InChI=1S/C21H25N3O3S/c1-14-11-24-19(15(2)22-21(24)28-14)12-23(3)20(25)16-6-4-7-17(10-16)27-13-18-8-5-9-26-18/h4,6-7,10-11,18H,5,8-9,12-13H2,1-3H3.